The number of carbonyl (C=O) groups is 2. The van der Waals surface area contributed by atoms with Gasteiger partial charge in [0.1, 0.15) is 0 Å². The van der Waals surface area contributed by atoms with Crippen LogP contribution in [0.4, 0.5) is 9.59 Å². The summed E-state index contributed by atoms with van der Waals surface area (Å²) in [5.74, 6) is 0. The molecule has 1 saturated carbocycles. The van der Waals surface area contributed by atoms with Crippen molar-refractivity contribution < 1.29 is 13.8 Å². The molecule has 0 aromatic carbocycles. The number of imide groups is 1. The lowest BCUT2D eigenvalue weighted by atomic mass is 10.0. The highest BCUT2D eigenvalue weighted by molar-refractivity contribution is 7.95. The van der Waals surface area contributed by atoms with Crippen LogP contribution in [0, 0.1) is 0 Å². The van der Waals surface area contributed by atoms with Crippen LogP contribution >= 0.6 is 12.0 Å². The van der Waals surface area contributed by atoms with Gasteiger partial charge in [0.2, 0.25) is 0 Å². The lowest BCUT2D eigenvalue weighted by Gasteiger charge is -2.19. The van der Waals surface area contributed by atoms with E-state index in [0.29, 0.717) is 5.25 Å². The molecule has 14 heavy (non-hydrogen) atoms. The first kappa shape index (κ1) is 11.2. The Labute approximate surface area is 86.9 Å². The number of nitrogens with two attached hydrogens (primary N) is 1. The van der Waals surface area contributed by atoms with Crippen LogP contribution in [0.5, 0.6) is 0 Å². The molecule has 5 nitrogen and oxygen atoms in total. The van der Waals surface area contributed by atoms with Gasteiger partial charge >= 0.3 is 12.1 Å². The Morgan fingerprint density at radius 3 is 2.50 bits per heavy atom. The number of hydrogen-bond donors (Lipinski definition) is 2. The lowest BCUT2D eigenvalue weighted by Crippen LogP contribution is -2.34. The largest absolute Gasteiger partial charge is 0.427 e. The van der Waals surface area contributed by atoms with Crippen LogP contribution in [-0.2, 0) is 4.18 Å². The number of amides is 3. The van der Waals surface area contributed by atoms with Crippen LogP contribution in [0.3, 0.4) is 0 Å². The molecular weight excluding hydrogens is 204 g/mol. The van der Waals surface area contributed by atoms with Crippen molar-refractivity contribution in [3.8, 4) is 0 Å². The van der Waals surface area contributed by atoms with Crippen molar-refractivity contribution in [2.75, 3.05) is 0 Å². The summed E-state index contributed by atoms with van der Waals surface area (Å²) in [6.45, 7) is 0. The fourth-order valence-corrected chi connectivity index (χ4v) is 2.19. The second-order valence-corrected chi connectivity index (χ2v) is 4.24. The first-order valence-corrected chi connectivity index (χ1v) is 5.42. The van der Waals surface area contributed by atoms with E-state index >= 15 is 0 Å². The van der Waals surface area contributed by atoms with Gasteiger partial charge in [0.15, 0.2) is 0 Å². The minimum absolute atomic E-state index is 0.363. The van der Waals surface area contributed by atoms with E-state index in [2.05, 4.69) is 0 Å². The Morgan fingerprint density at radius 1 is 1.29 bits per heavy atom. The molecule has 0 saturated heterocycles. The minimum Gasteiger partial charge on any atom is -0.374 e. The number of primary amides is 1. The standard InChI is InChI=1S/C8H14N2O3S/c9-7(11)10-8(12)13-14-6-4-2-1-3-5-6/h6H,1-5H2,(H3,9,10,11,12). The Morgan fingerprint density at radius 2 is 1.93 bits per heavy atom. The van der Waals surface area contributed by atoms with Crippen molar-refractivity contribution >= 4 is 24.2 Å². The van der Waals surface area contributed by atoms with E-state index in [9.17, 15) is 9.59 Å². The van der Waals surface area contributed by atoms with Gasteiger partial charge < -0.3 is 9.92 Å². The molecule has 0 bridgehead atoms. The zero-order valence-electron chi connectivity index (χ0n) is 7.82. The molecule has 0 atom stereocenters. The highest BCUT2D eigenvalue weighted by atomic mass is 32.2. The fourth-order valence-electron chi connectivity index (χ4n) is 1.39. The summed E-state index contributed by atoms with van der Waals surface area (Å²) in [5, 5.41) is 2.20. The van der Waals surface area contributed by atoms with E-state index in [1.165, 1.54) is 19.3 Å². The first-order valence-electron chi connectivity index (χ1n) is 4.62. The molecule has 1 fully saturated rings. The molecule has 1 aliphatic rings. The SMILES string of the molecule is NC(=O)NC(=O)OSC1CCCCC1. The molecule has 3 N–H and O–H groups in total. The maximum Gasteiger partial charge on any atom is 0.427 e. The quantitative estimate of drug-likeness (QED) is 0.692. The molecule has 3 amide bonds. The van der Waals surface area contributed by atoms with E-state index < -0.39 is 12.1 Å². The van der Waals surface area contributed by atoms with Crippen LogP contribution < -0.4 is 11.1 Å². The molecule has 0 spiro atoms. The number of nitrogens with one attached hydrogen (secondary N) is 1. The second kappa shape index (κ2) is 5.74. The van der Waals surface area contributed by atoms with Gasteiger partial charge in [-0.3, -0.25) is 0 Å². The summed E-state index contributed by atoms with van der Waals surface area (Å²) < 4.78 is 4.76. The number of hydrogen-bond acceptors (Lipinski definition) is 4. The van der Waals surface area contributed by atoms with Crippen molar-refractivity contribution in [3.63, 3.8) is 0 Å². The van der Waals surface area contributed by atoms with Gasteiger partial charge in [-0.25, -0.2) is 14.9 Å². The van der Waals surface area contributed by atoms with Crippen LogP contribution in [0.25, 0.3) is 0 Å². The molecule has 0 radical (unpaired) electrons. The van der Waals surface area contributed by atoms with E-state index in [-0.39, 0.29) is 0 Å². The zero-order chi connectivity index (χ0) is 10.4. The summed E-state index contributed by atoms with van der Waals surface area (Å²) in [6, 6.07) is -0.890. The van der Waals surface area contributed by atoms with Crippen LogP contribution in [-0.4, -0.2) is 17.4 Å². The average molecular weight is 218 g/mol. The van der Waals surface area contributed by atoms with Crippen LogP contribution in [0.2, 0.25) is 0 Å². The maximum atomic E-state index is 10.8. The molecule has 0 aliphatic heterocycles. The predicted octanol–water partition coefficient (Wildman–Crippen LogP) is 1.77. The third-order valence-electron chi connectivity index (χ3n) is 2.04. The molecule has 1 rings (SSSR count). The molecule has 0 heterocycles. The van der Waals surface area contributed by atoms with Gasteiger partial charge in [0, 0.05) is 5.25 Å². The molecule has 0 aromatic heterocycles. The molecule has 6 heteroatoms. The topological polar surface area (TPSA) is 81.4 Å². The normalized spacial score (nSPS) is 17.4. The van der Waals surface area contributed by atoms with E-state index in [4.69, 9.17) is 9.92 Å². The molecule has 1 aliphatic carbocycles. The van der Waals surface area contributed by atoms with Crippen molar-refractivity contribution in [1.29, 1.82) is 0 Å². The van der Waals surface area contributed by atoms with E-state index in [1.807, 2.05) is 5.32 Å². The monoisotopic (exact) mass is 218 g/mol. The Bertz CT molecular complexity index is 217. The number of rotatable bonds is 2. The number of urea groups is 1. The maximum absolute atomic E-state index is 10.8. The van der Waals surface area contributed by atoms with Crippen molar-refractivity contribution in [3.05, 3.63) is 0 Å². The fraction of sp³-hybridized carbons (Fsp3) is 0.750. The summed E-state index contributed by atoms with van der Waals surface area (Å²) in [6.07, 6.45) is 4.96. The van der Waals surface area contributed by atoms with Crippen LogP contribution in [0.15, 0.2) is 0 Å². The second-order valence-electron chi connectivity index (χ2n) is 3.22. The van der Waals surface area contributed by atoms with Crippen LogP contribution in [0.1, 0.15) is 32.1 Å². The summed E-state index contributed by atoms with van der Waals surface area (Å²) in [4.78, 5) is 21.1. The summed E-state index contributed by atoms with van der Waals surface area (Å²) >= 11 is 1.13. The molecular formula is C8H14N2O3S. The van der Waals surface area contributed by atoms with Crippen molar-refractivity contribution in [1.82, 2.24) is 5.32 Å². The zero-order valence-corrected chi connectivity index (χ0v) is 8.64. The summed E-state index contributed by atoms with van der Waals surface area (Å²) in [5.41, 5.74) is 4.74. The average Bonchev–Trinajstić information content (AvgIpc) is 2.15. The van der Waals surface area contributed by atoms with E-state index in [0.717, 1.165) is 24.9 Å². The third kappa shape index (κ3) is 4.36. The van der Waals surface area contributed by atoms with Gasteiger partial charge in [0.05, 0.1) is 12.0 Å². The smallest absolute Gasteiger partial charge is 0.374 e. The van der Waals surface area contributed by atoms with Gasteiger partial charge in [-0.05, 0) is 12.8 Å². The molecule has 80 valence electrons. The van der Waals surface area contributed by atoms with Gasteiger partial charge in [-0.2, -0.15) is 0 Å². The van der Waals surface area contributed by atoms with E-state index in [1.54, 1.807) is 0 Å². The van der Waals surface area contributed by atoms with Crippen molar-refractivity contribution in [2.45, 2.75) is 37.4 Å². The minimum atomic E-state index is -0.890. The van der Waals surface area contributed by atoms with Gasteiger partial charge in [0.25, 0.3) is 0 Å². The Kier molecular flexibility index (Phi) is 4.58. The van der Waals surface area contributed by atoms with Gasteiger partial charge in [-0.1, -0.05) is 19.3 Å². The number of carbonyl (C=O) groups excluding carboxylic acids is 2. The highest BCUT2D eigenvalue weighted by Crippen LogP contribution is 2.28. The molecule has 0 aromatic rings. The first-order chi connectivity index (χ1) is 6.68. The Hall–Kier alpha value is -0.910. The molecule has 0 unspecified atom stereocenters. The highest BCUT2D eigenvalue weighted by Gasteiger charge is 2.17. The lowest BCUT2D eigenvalue weighted by molar-refractivity contribution is 0.205. The summed E-state index contributed by atoms with van der Waals surface area (Å²) in [7, 11) is 0. The van der Waals surface area contributed by atoms with Crippen molar-refractivity contribution in [2.24, 2.45) is 5.73 Å². The van der Waals surface area contributed by atoms with Gasteiger partial charge in [-0.15, -0.1) is 0 Å². The third-order valence-corrected chi connectivity index (χ3v) is 3.03. The Balaban J connectivity index is 2.12. The predicted molar refractivity (Wildman–Crippen MR) is 53.7 cm³/mol.